The standard InChI is InChI=1S/C32H49FSi2/c1-3-5-7-19-34-21-15-27(16-22-34)26-9-11-29(12-10-26)31-14-13-30(25-32(31)33)28-17-23-35(24-18-28)20-8-6-4-2/h9-14,25,27-28,34-35H,3-8,15-24H2,1-2H3. The molecule has 0 bridgehead atoms. The van der Waals surface area contributed by atoms with Crippen LogP contribution in [-0.2, 0) is 0 Å². The molecule has 35 heavy (non-hydrogen) atoms. The lowest BCUT2D eigenvalue weighted by atomic mass is 9.90. The minimum atomic E-state index is -0.511. The van der Waals surface area contributed by atoms with Gasteiger partial charge in [-0.15, -0.1) is 0 Å². The number of rotatable bonds is 11. The van der Waals surface area contributed by atoms with Crippen molar-refractivity contribution in [3.05, 3.63) is 59.4 Å². The van der Waals surface area contributed by atoms with Crippen LogP contribution in [0, 0.1) is 5.82 Å². The van der Waals surface area contributed by atoms with E-state index in [-0.39, 0.29) is 5.82 Å². The van der Waals surface area contributed by atoms with E-state index in [2.05, 4.69) is 50.2 Å². The third kappa shape index (κ3) is 7.65. The average Bonchev–Trinajstić information content (AvgIpc) is 2.90. The first-order chi connectivity index (χ1) is 17.2. The van der Waals surface area contributed by atoms with E-state index in [9.17, 15) is 0 Å². The van der Waals surface area contributed by atoms with E-state index in [4.69, 9.17) is 0 Å². The minimum absolute atomic E-state index is 0.0313. The number of hydrogen-bond donors (Lipinski definition) is 0. The highest BCUT2D eigenvalue weighted by Gasteiger charge is 2.25. The Hall–Kier alpha value is -1.20. The van der Waals surface area contributed by atoms with Gasteiger partial charge in [-0.25, -0.2) is 4.39 Å². The first-order valence-electron chi connectivity index (χ1n) is 15.1. The molecule has 3 heteroatoms. The van der Waals surface area contributed by atoms with Gasteiger partial charge < -0.3 is 0 Å². The van der Waals surface area contributed by atoms with Crippen molar-refractivity contribution in [2.45, 2.75) is 126 Å². The lowest BCUT2D eigenvalue weighted by molar-refractivity contribution is 0.588. The monoisotopic (exact) mass is 508 g/mol. The molecule has 2 aliphatic rings. The van der Waals surface area contributed by atoms with Gasteiger partial charge >= 0.3 is 0 Å². The molecule has 192 valence electrons. The summed E-state index contributed by atoms with van der Waals surface area (Å²) < 4.78 is 15.2. The maximum atomic E-state index is 15.2. The van der Waals surface area contributed by atoms with Crippen LogP contribution < -0.4 is 0 Å². The molecule has 0 aliphatic carbocycles. The minimum Gasteiger partial charge on any atom is -0.206 e. The molecule has 0 spiro atoms. The predicted molar refractivity (Wildman–Crippen MR) is 158 cm³/mol. The summed E-state index contributed by atoms with van der Waals surface area (Å²) in [5.74, 6) is 1.28. The van der Waals surface area contributed by atoms with Gasteiger partial charge in [-0.2, -0.15) is 0 Å². The van der Waals surface area contributed by atoms with Gasteiger partial charge in [-0.1, -0.05) is 125 Å². The van der Waals surface area contributed by atoms with Gasteiger partial charge in [0.25, 0.3) is 0 Å². The number of halogens is 1. The van der Waals surface area contributed by atoms with Gasteiger partial charge in [-0.05, 0) is 60.3 Å². The SMILES string of the molecule is CCCCC[SiH]1CCC(c2ccc(-c3ccc(C4CC[SiH](CCCCC)CC4)cc3F)cc2)CC1. The van der Waals surface area contributed by atoms with Crippen molar-refractivity contribution in [3.63, 3.8) is 0 Å². The Morgan fingerprint density at radius 3 is 1.63 bits per heavy atom. The Kier molecular flexibility index (Phi) is 10.7. The summed E-state index contributed by atoms with van der Waals surface area (Å²) in [5, 5.41) is 0. The quantitative estimate of drug-likeness (QED) is 0.209. The third-order valence-electron chi connectivity index (χ3n) is 9.28. The third-order valence-corrected chi connectivity index (χ3v) is 16.3. The molecule has 0 saturated carbocycles. The number of benzene rings is 2. The van der Waals surface area contributed by atoms with E-state index in [1.54, 1.807) is 6.04 Å². The molecule has 0 nitrogen and oxygen atoms in total. The Balaban J connectivity index is 1.30. The van der Waals surface area contributed by atoms with Crippen molar-refractivity contribution in [1.29, 1.82) is 0 Å². The van der Waals surface area contributed by atoms with Crippen LogP contribution in [0.3, 0.4) is 0 Å². The molecule has 2 saturated heterocycles. The molecular formula is C32H49FSi2. The molecular weight excluding hydrogens is 460 g/mol. The molecule has 2 aromatic rings. The van der Waals surface area contributed by atoms with E-state index in [0.717, 1.165) is 17.0 Å². The predicted octanol–water partition coefficient (Wildman–Crippen LogP) is 10.1. The summed E-state index contributed by atoms with van der Waals surface area (Å²) in [6, 6.07) is 24.1. The molecule has 2 aliphatic heterocycles. The van der Waals surface area contributed by atoms with Gasteiger partial charge in [-0.3, -0.25) is 0 Å². The molecule has 2 heterocycles. The summed E-state index contributed by atoms with van der Waals surface area (Å²) in [7, 11) is -0.972. The zero-order valence-corrected chi connectivity index (χ0v) is 24.9. The van der Waals surface area contributed by atoms with Crippen LogP contribution in [0.2, 0.25) is 36.3 Å². The van der Waals surface area contributed by atoms with Crippen molar-refractivity contribution < 1.29 is 4.39 Å². The first-order valence-corrected chi connectivity index (χ1v) is 20.0. The van der Waals surface area contributed by atoms with Crippen molar-refractivity contribution in [2.75, 3.05) is 0 Å². The molecule has 0 atom stereocenters. The van der Waals surface area contributed by atoms with Crippen LogP contribution in [0.4, 0.5) is 4.39 Å². The van der Waals surface area contributed by atoms with Crippen LogP contribution in [0.25, 0.3) is 11.1 Å². The van der Waals surface area contributed by atoms with Crippen LogP contribution in [0.1, 0.15) is 101 Å². The fourth-order valence-corrected chi connectivity index (χ4v) is 13.8. The molecule has 0 amide bonds. The van der Waals surface area contributed by atoms with Crippen molar-refractivity contribution in [1.82, 2.24) is 0 Å². The summed E-state index contributed by atoms with van der Waals surface area (Å²) in [6.45, 7) is 4.61. The highest BCUT2D eigenvalue weighted by molar-refractivity contribution is 6.59. The van der Waals surface area contributed by atoms with E-state index < -0.39 is 17.6 Å². The molecule has 0 aromatic heterocycles. The zero-order chi connectivity index (χ0) is 24.5. The van der Waals surface area contributed by atoms with Crippen LogP contribution in [-0.4, -0.2) is 17.6 Å². The topological polar surface area (TPSA) is 0 Å². The smallest absolute Gasteiger partial charge is 0.131 e. The van der Waals surface area contributed by atoms with E-state index in [0.29, 0.717) is 5.92 Å². The van der Waals surface area contributed by atoms with E-state index >= 15 is 4.39 Å². The average molecular weight is 509 g/mol. The fourth-order valence-electron chi connectivity index (χ4n) is 6.89. The van der Waals surface area contributed by atoms with Gasteiger partial charge in [0.2, 0.25) is 0 Å². The number of unbranched alkanes of at least 4 members (excludes halogenated alkanes) is 4. The van der Waals surface area contributed by atoms with Crippen molar-refractivity contribution >= 4 is 17.6 Å². The van der Waals surface area contributed by atoms with Crippen LogP contribution in [0.5, 0.6) is 0 Å². The second kappa shape index (κ2) is 13.9. The van der Waals surface area contributed by atoms with Crippen molar-refractivity contribution in [3.8, 4) is 11.1 Å². The Labute approximate surface area is 218 Å². The highest BCUT2D eigenvalue weighted by Crippen LogP contribution is 2.38. The van der Waals surface area contributed by atoms with Gasteiger partial charge in [0, 0.05) is 23.2 Å². The Morgan fingerprint density at radius 1 is 0.657 bits per heavy atom. The molecule has 0 N–H and O–H groups in total. The summed E-state index contributed by atoms with van der Waals surface area (Å²) in [5.41, 5.74) is 4.53. The van der Waals surface area contributed by atoms with Crippen molar-refractivity contribution in [2.24, 2.45) is 0 Å². The van der Waals surface area contributed by atoms with E-state index in [1.807, 2.05) is 6.07 Å². The van der Waals surface area contributed by atoms with Crippen LogP contribution >= 0.6 is 0 Å². The molecule has 4 rings (SSSR count). The largest absolute Gasteiger partial charge is 0.206 e. The molecule has 2 fully saturated rings. The second-order valence-corrected chi connectivity index (χ2v) is 18.7. The Morgan fingerprint density at radius 2 is 1.14 bits per heavy atom. The fraction of sp³-hybridized carbons (Fsp3) is 0.625. The maximum Gasteiger partial charge on any atom is 0.131 e. The maximum absolute atomic E-state index is 15.2. The second-order valence-electron chi connectivity index (χ2n) is 11.8. The zero-order valence-electron chi connectivity index (χ0n) is 22.5. The van der Waals surface area contributed by atoms with Crippen LogP contribution in [0.15, 0.2) is 42.5 Å². The summed E-state index contributed by atoms with van der Waals surface area (Å²) in [6.07, 6.45) is 13.8. The van der Waals surface area contributed by atoms with Gasteiger partial charge in [0.05, 0.1) is 0 Å². The highest BCUT2D eigenvalue weighted by atomic mass is 28.3. The summed E-state index contributed by atoms with van der Waals surface area (Å²) in [4.78, 5) is 0. The normalized spacial score (nSPS) is 25.0. The number of hydrogen-bond acceptors (Lipinski definition) is 0. The first kappa shape index (κ1) is 26.9. The lowest BCUT2D eigenvalue weighted by Crippen LogP contribution is -2.20. The van der Waals surface area contributed by atoms with Gasteiger partial charge in [0.1, 0.15) is 5.82 Å². The van der Waals surface area contributed by atoms with E-state index in [1.165, 1.54) is 106 Å². The molecule has 2 aromatic carbocycles. The molecule has 0 unspecified atom stereocenters. The molecule has 0 radical (unpaired) electrons. The van der Waals surface area contributed by atoms with Gasteiger partial charge in [0.15, 0.2) is 0 Å². The summed E-state index contributed by atoms with van der Waals surface area (Å²) >= 11 is 0. The lowest BCUT2D eigenvalue weighted by Gasteiger charge is -2.28. The Bertz CT molecular complexity index is 877.